The maximum Gasteiger partial charge on any atom is 0.379 e. The van der Waals surface area contributed by atoms with Crippen molar-refractivity contribution in [2.24, 2.45) is 0 Å². The van der Waals surface area contributed by atoms with Crippen LogP contribution in [0.2, 0.25) is 18.1 Å². The molecule has 1 amide bonds. The largest absolute Gasteiger partial charge is 0.461 e. The van der Waals surface area contributed by atoms with Crippen molar-refractivity contribution in [2.45, 2.75) is 70.3 Å². The molecule has 0 saturated carbocycles. The van der Waals surface area contributed by atoms with Gasteiger partial charge in [-0.1, -0.05) is 33.9 Å². The summed E-state index contributed by atoms with van der Waals surface area (Å²) >= 11 is 0. The van der Waals surface area contributed by atoms with E-state index in [4.69, 9.17) is 0 Å². The van der Waals surface area contributed by atoms with Crippen molar-refractivity contribution in [1.82, 2.24) is 4.57 Å². The molecule has 0 aromatic rings. The second-order valence-electron chi connectivity index (χ2n) is 7.13. The molecule has 8 heteroatoms. The average Bonchev–Trinajstić information content (AvgIpc) is 2.33. The van der Waals surface area contributed by atoms with Gasteiger partial charge >= 0.3 is 11.9 Å². The molecule has 1 rings (SSSR count). The summed E-state index contributed by atoms with van der Waals surface area (Å²) in [6.07, 6.45) is -2.43. The Morgan fingerprint density at radius 1 is 1.45 bits per heavy atom. The first-order valence-corrected chi connectivity index (χ1v) is 10.3. The van der Waals surface area contributed by atoms with Gasteiger partial charge in [0.05, 0.1) is 12.6 Å². The number of hydrogen-bond donors (Lipinski definition) is 1. The fourth-order valence-electron chi connectivity index (χ4n) is 2.37. The average molecular weight is 337 g/mol. The molecule has 0 radical (unpaired) electrons. The van der Waals surface area contributed by atoms with Gasteiger partial charge in [-0.05, 0) is 12.0 Å². The fraction of sp³-hybridized carbons (Fsp3) is 0.857. The number of carbonyl (C=O) groups excluding carboxylic acids is 2. The Morgan fingerprint density at radius 3 is 2.32 bits per heavy atom. The fourth-order valence-corrected chi connectivity index (χ4v) is 4.87. The lowest BCUT2D eigenvalue weighted by Gasteiger charge is -2.56. The number of amides is 1. The van der Waals surface area contributed by atoms with E-state index in [9.17, 15) is 23.5 Å². The first kappa shape index (κ1) is 19.0. The third-order valence-electron chi connectivity index (χ3n) is 4.71. The number of esters is 1. The molecule has 128 valence electrons. The van der Waals surface area contributed by atoms with Crippen LogP contribution in [0.25, 0.3) is 0 Å². The molecule has 22 heavy (non-hydrogen) atoms. The summed E-state index contributed by atoms with van der Waals surface area (Å²) in [6.45, 7) is 10.8. The van der Waals surface area contributed by atoms with Crippen molar-refractivity contribution in [3.63, 3.8) is 0 Å². The molecule has 5 nitrogen and oxygen atoms in total. The predicted molar refractivity (Wildman–Crippen MR) is 80.0 cm³/mol. The Kier molecular flexibility index (Phi) is 5.09. The van der Waals surface area contributed by atoms with E-state index >= 15 is 0 Å². The van der Waals surface area contributed by atoms with Gasteiger partial charge in [0.1, 0.15) is 6.10 Å². The Hall–Kier alpha value is -1.02. The van der Waals surface area contributed by atoms with Crippen molar-refractivity contribution in [3.8, 4) is 0 Å². The Bertz CT molecular complexity index is 462. The highest BCUT2D eigenvalue weighted by molar-refractivity contribution is 6.80. The first-order valence-electron chi connectivity index (χ1n) is 7.33. The summed E-state index contributed by atoms with van der Waals surface area (Å²) in [4.78, 5) is 23.3. The summed E-state index contributed by atoms with van der Waals surface area (Å²) < 4.78 is 33.7. The monoisotopic (exact) mass is 337 g/mol. The normalized spacial score (nSPS) is 21.4. The number of nitrogens with zero attached hydrogens (tertiary/aromatic N) is 1. The first-order chi connectivity index (χ1) is 9.78. The molecule has 1 saturated heterocycles. The highest BCUT2D eigenvalue weighted by Crippen LogP contribution is 2.45. The summed E-state index contributed by atoms with van der Waals surface area (Å²) in [5, 5.41) is 9.74. The zero-order chi connectivity index (χ0) is 17.5. The maximum atomic E-state index is 14.0. The van der Waals surface area contributed by atoms with Gasteiger partial charge < -0.3 is 14.4 Å². The number of rotatable bonds is 5. The van der Waals surface area contributed by atoms with E-state index in [-0.39, 0.29) is 24.0 Å². The highest BCUT2D eigenvalue weighted by atomic mass is 28.3. The standard InChI is InChI=1S/C14H25F2NO4Si/c1-7-21-12(20)14(15,16)11(19)9-8-10(18)17(9)22(5,6)13(2,3)4/h9,11,19H,7-8H2,1-6H3/t9-,11-/m0/s1. The van der Waals surface area contributed by atoms with Crippen molar-refractivity contribution in [2.75, 3.05) is 6.61 Å². The van der Waals surface area contributed by atoms with E-state index in [1.807, 2.05) is 33.9 Å². The maximum absolute atomic E-state index is 14.0. The minimum absolute atomic E-state index is 0.178. The van der Waals surface area contributed by atoms with E-state index in [1.165, 1.54) is 11.5 Å². The van der Waals surface area contributed by atoms with E-state index < -0.39 is 32.3 Å². The highest BCUT2D eigenvalue weighted by Gasteiger charge is 2.61. The van der Waals surface area contributed by atoms with Crippen LogP contribution in [0.4, 0.5) is 8.78 Å². The van der Waals surface area contributed by atoms with Crippen LogP contribution in [0.3, 0.4) is 0 Å². The summed E-state index contributed by atoms with van der Waals surface area (Å²) in [5.41, 5.74) is 0. The summed E-state index contributed by atoms with van der Waals surface area (Å²) in [6, 6.07) is -1.05. The van der Waals surface area contributed by atoms with E-state index in [2.05, 4.69) is 4.74 Å². The number of aliphatic hydroxyl groups excluding tert-OH is 1. The molecule has 0 unspecified atom stereocenters. The van der Waals surface area contributed by atoms with Crippen LogP contribution < -0.4 is 0 Å². The molecule has 0 spiro atoms. The molecule has 0 aliphatic carbocycles. The molecule has 1 heterocycles. The second kappa shape index (κ2) is 5.88. The van der Waals surface area contributed by atoms with E-state index in [1.54, 1.807) is 0 Å². The van der Waals surface area contributed by atoms with Crippen LogP contribution in [0.1, 0.15) is 34.1 Å². The van der Waals surface area contributed by atoms with Crippen molar-refractivity contribution in [3.05, 3.63) is 0 Å². The molecule has 1 fully saturated rings. The van der Waals surface area contributed by atoms with E-state index in [0.29, 0.717) is 0 Å². The lowest BCUT2D eigenvalue weighted by atomic mass is 9.95. The van der Waals surface area contributed by atoms with Crippen LogP contribution in [0.5, 0.6) is 0 Å². The molecule has 1 N–H and O–H groups in total. The zero-order valence-electron chi connectivity index (χ0n) is 13.9. The van der Waals surface area contributed by atoms with Gasteiger partial charge in [0.15, 0.2) is 8.24 Å². The topological polar surface area (TPSA) is 66.8 Å². The number of alkyl halides is 2. The number of hydrogen-bond acceptors (Lipinski definition) is 4. The molecule has 0 bridgehead atoms. The molecular weight excluding hydrogens is 312 g/mol. The number of β-lactam (4-membered cyclic amide) rings is 1. The minimum Gasteiger partial charge on any atom is -0.461 e. The van der Waals surface area contributed by atoms with Crippen molar-refractivity contribution >= 4 is 20.1 Å². The SMILES string of the molecule is CCOC(=O)C(F)(F)[C@@H](O)[C@@H]1CC(=O)N1[Si](C)(C)C(C)(C)C. The Morgan fingerprint density at radius 2 is 1.95 bits per heavy atom. The smallest absolute Gasteiger partial charge is 0.379 e. The minimum atomic E-state index is -4.03. The second-order valence-corrected chi connectivity index (χ2v) is 12.2. The number of halogens is 2. The van der Waals surface area contributed by atoms with E-state index in [0.717, 1.165) is 0 Å². The van der Waals surface area contributed by atoms with Crippen LogP contribution in [-0.4, -0.2) is 54.5 Å². The molecule has 1 aliphatic rings. The zero-order valence-corrected chi connectivity index (χ0v) is 14.9. The van der Waals surface area contributed by atoms with Gasteiger partial charge in [0.25, 0.3) is 0 Å². The number of ether oxygens (including phenoxy) is 1. The van der Waals surface area contributed by atoms with Gasteiger partial charge in [0.2, 0.25) is 5.91 Å². The van der Waals surface area contributed by atoms with Crippen LogP contribution in [0.15, 0.2) is 0 Å². The van der Waals surface area contributed by atoms with Crippen LogP contribution in [0, 0.1) is 0 Å². The summed E-state index contributed by atoms with van der Waals surface area (Å²) in [5.74, 6) is -6.03. The predicted octanol–water partition coefficient (Wildman–Crippen LogP) is 2.15. The van der Waals surface area contributed by atoms with Gasteiger partial charge in [-0.15, -0.1) is 0 Å². The van der Waals surface area contributed by atoms with Gasteiger partial charge in [-0.25, -0.2) is 4.79 Å². The number of aliphatic hydroxyl groups is 1. The molecule has 2 atom stereocenters. The number of carbonyl (C=O) groups is 2. The molecule has 1 aliphatic heterocycles. The molecule has 0 aromatic heterocycles. The summed E-state index contributed by atoms with van der Waals surface area (Å²) in [7, 11) is -2.40. The van der Waals surface area contributed by atoms with Crippen molar-refractivity contribution in [1.29, 1.82) is 0 Å². The van der Waals surface area contributed by atoms with Crippen LogP contribution >= 0.6 is 0 Å². The Balaban J connectivity index is 3.02. The lowest BCUT2D eigenvalue weighted by molar-refractivity contribution is -0.199. The van der Waals surface area contributed by atoms with Crippen LogP contribution in [-0.2, 0) is 14.3 Å². The quantitative estimate of drug-likeness (QED) is 0.474. The van der Waals surface area contributed by atoms with Crippen molar-refractivity contribution < 1.29 is 28.2 Å². The van der Waals surface area contributed by atoms with Gasteiger partial charge in [0, 0.05) is 6.42 Å². The third kappa shape index (κ3) is 3.03. The molecular formula is C14H25F2NO4Si. The Labute approximate surface area is 130 Å². The lowest BCUT2D eigenvalue weighted by Crippen LogP contribution is -2.73. The third-order valence-corrected chi connectivity index (χ3v) is 10.2. The van der Waals surface area contributed by atoms with Gasteiger partial charge in [-0.3, -0.25) is 4.79 Å². The van der Waals surface area contributed by atoms with Gasteiger partial charge in [-0.2, -0.15) is 8.78 Å². The molecule has 0 aromatic carbocycles.